The Bertz CT molecular complexity index is 1360. The molecule has 1 unspecified atom stereocenters. The minimum atomic E-state index is -4.60. The van der Waals surface area contributed by atoms with Gasteiger partial charge in [-0.25, -0.2) is 0 Å². The van der Waals surface area contributed by atoms with Gasteiger partial charge in [-0.05, 0) is 73.9 Å². The highest BCUT2D eigenvalue weighted by atomic mass is 32.2. The van der Waals surface area contributed by atoms with Gasteiger partial charge in [0.15, 0.2) is 5.75 Å². The number of halogens is 3. The standard InChI is InChI=1S/C28H29F3N2O5S/c1-17(34)38-16-19-14-20(11-12-21(19)22-8-6-7-9-23(22)28(29,30)31)32-26(35)18-10-13-25(24(15-18)37-5)39(36)33-27(2,3)4/h6-15,33H,16H2,1-5H3,(H,32,35). The van der Waals surface area contributed by atoms with Gasteiger partial charge in [0.05, 0.1) is 29.6 Å². The molecule has 3 aromatic rings. The third-order valence-electron chi connectivity index (χ3n) is 5.34. The molecule has 1 atom stereocenters. The molecule has 1 amide bonds. The quantitative estimate of drug-likeness (QED) is 0.254. The van der Waals surface area contributed by atoms with Gasteiger partial charge in [-0.15, -0.1) is 4.72 Å². The maximum Gasteiger partial charge on any atom is 0.417 e. The normalized spacial score (nSPS) is 12.5. The van der Waals surface area contributed by atoms with Gasteiger partial charge < -0.3 is 19.3 Å². The summed E-state index contributed by atoms with van der Waals surface area (Å²) in [5.74, 6) is -0.895. The summed E-state index contributed by atoms with van der Waals surface area (Å²) in [7, 11) is 1.40. The second-order valence-corrected chi connectivity index (χ2v) is 10.8. The average molecular weight is 563 g/mol. The van der Waals surface area contributed by atoms with Gasteiger partial charge in [0, 0.05) is 18.2 Å². The lowest BCUT2D eigenvalue weighted by atomic mass is 9.94. The highest BCUT2D eigenvalue weighted by molar-refractivity contribution is 7.89. The number of esters is 1. The summed E-state index contributed by atoms with van der Waals surface area (Å²) in [6, 6.07) is 13.9. The van der Waals surface area contributed by atoms with Gasteiger partial charge in [-0.3, -0.25) is 9.59 Å². The zero-order chi connectivity index (χ0) is 29.0. The highest BCUT2D eigenvalue weighted by Crippen LogP contribution is 2.39. The summed E-state index contributed by atoms with van der Waals surface area (Å²) in [4.78, 5) is 24.8. The van der Waals surface area contributed by atoms with E-state index in [0.29, 0.717) is 4.90 Å². The maximum atomic E-state index is 13.7. The van der Waals surface area contributed by atoms with Crippen molar-refractivity contribution in [1.29, 1.82) is 0 Å². The molecule has 208 valence electrons. The van der Waals surface area contributed by atoms with Crippen molar-refractivity contribution in [1.82, 2.24) is 4.72 Å². The highest BCUT2D eigenvalue weighted by Gasteiger charge is 2.34. The van der Waals surface area contributed by atoms with Crippen LogP contribution in [0.4, 0.5) is 18.9 Å². The van der Waals surface area contributed by atoms with Crippen molar-refractivity contribution >= 4 is 28.9 Å². The first-order valence-corrected chi connectivity index (χ1v) is 13.0. The van der Waals surface area contributed by atoms with Crippen molar-refractivity contribution < 1.29 is 36.8 Å². The molecule has 0 fully saturated rings. The van der Waals surface area contributed by atoms with E-state index in [0.717, 1.165) is 6.07 Å². The van der Waals surface area contributed by atoms with E-state index in [1.165, 1.54) is 68.6 Å². The van der Waals surface area contributed by atoms with Crippen LogP contribution in [0.15, 0.2) is 65.6 Å². The predicted octanol–water partition coefficient (Wildman–Crippen LogP) is 6.11. The molecule has 0 bridgehead atoms. The fourth-order valence-corrected chi connectivity index (χ4v) is 4.88. The van der Waals surface area contributed by atoms with E-state index in [4.69, 9.17) is 9.47 Å². The number of ether oxygens (including phenoxy) is 2. The van der Waals surface area contributed by atoms with Crippen LogP contribution in [0.5, 0.6) is 5.75 Å². The molecule has 3 rings (SSSR count). The molecule has 3 aromatic carbocycles. The van der Waals surface area contributed by atoms with E-state index in [1.807, 2.05) is 20.8 Å². The van der Waals surface area contributed by atoms with Crippen LogP contribution in [0.1, 0.15) is 49.2 Å². The van der Waals surface area contributed by atoms with Gasteiger partial charge in [-0.1, -0.05) is 24.3 Å². The first-order valence-electron chi connectivity index (χ1n) is 11.8. The predicted molar refractivity (Wildman–Crippen MR) is 143 cm³/mol. The number of methoxy groups -OCH3 is 1. The molecule has 0 saturated heterocycles. The fourth-order valence-electron chi connectivity index (χ4n) is 3.70. The summed E-state index contributed by atoms with van der Waals surface area (Å²) in [5, 5.41) is 2.70. The third kappa shape index (κ3) is 7.98. The molecule has 39 heavy (non-hydrogen) atoms. The average Bonchev–Trinajstić information content (AvgIpc) is 2.85. The molecule has 2 N–H and O–H groups in total. The van der Waals surface area contributed by atoms with Crippen LogP contribution in [-0.2, 0) is 33.7 Å². The van der Waals surface area contributed by atoms with E-state index in [1.54, 1.807) is 0 Å². The Morgan fingerprint density at radius 2 is 1.67 bits per heavy atom. The number of rotatable bonds is 8. The van der Waals surface area contributed by atoms with Gasteiger partial charge in [0.1, 0.15) is 6.61 Å². The van der Waals surface area contributed by atoms with Crippen molar-refractivity contribution in [2.24, 2.45) is 0 Å². The molecule has 0 heterocycles. The van der Waals surface area contributed by atoms with Crippen molar-refractivity contribution in [3.05, 3.63) is 77.4 Å². The first kappa shape index (κ1) is 30.0. The second-order valence-electron chi connectivity index (χ2n) is 9.64. The van der Waals surface area contributed by atoms with Crippen molar-refractivity contribution in [2.45, 2.75) is 50.9 Å². The van der Waals surface area contributed by atoms with Crippen LogP contribution >= 0.6 is 0 Å². The van der Waals surface area contributed by atoms with Crippen molar-refractivity contribution in [2.75, 3.05) is 12.4 Å². The third-order valence-corrected chi connectivity index (χ3v) is 6.88. The van der Waals surface area contributed by atoms with Crippen LogP contribution in [0.3, 0.4) is 0 Å². The van der Waals surface area contributed by atoms with Gasteiger partial charge >= 0.3 is 12.1 Å². The number of nitrogens with one attached hydrogen (secondary N) is 2. The molecular weight excluding hydrogens is 533 g/mol. The number of carbonyl (C=O) groups excluding carboxylic acids is 2. The van der Waals surface area contributed by atoms with Gasteiger partial charge in [-0.2, -0.15) is 13.2 Å². The number of benzene rings is 3. The molecule has 0 radical (unpaired) electrons. The Kier molecular flexibility index (Phi) is 9.31. The molecule has 0 saturated carbocycles. The van der Waals surface area contributed by atoms with Gasteiger partial charge in [0.25, 0.3) is 5.91 Å². The molecule has 0 aromatic heterocycles. The minimum Gasteiger partial charge on any atom is -0.593 e. The lowest BCUT2D eigenvalue weighted by molar-refractivity contribution is -0.142. The molecule has 0 aliphatic carbocycles. The lowest BCUT2D eigenvalue weighted by Gasteiger charge is -2.22. The largest absolute Gasteiger partial charge is 0.593 e. The number of hydrogen-bond donors (Lipinski definition) is 2. The maximum absolute atomic E-state index is 13.7. The molecule has 0 spiro atoms. The van der Waals surface area contributed by atoms with Crippen LogP contribution < -0.4 is 14.8 Å². The number of amides is 1. The Balaban J connectivity index is 1.93. The summed E-state index contributed by atoms with van der Waals surface area (Å²) in [5.41, 5.74) is -0.382. The molecule has 0 aliphatic heterocycles. The molecule has 11 heteroatoms. The smallest absolute Gasteiger partial charge is 0.417 e. The van der Waals surface area contributed by atoms with Crippen LogP contribution in [0.25, 0.3) is 11.1 Å². The lowest BCUT2D eigenvalue weighted by Crippen LogP contribution is -2.40. The van der Waals surface area contributed by atoms with E-state index in [9.17, 15) is 27.3 Å². The Hall–Kier alpha value is -3.54. The van der Waals surface area contributed by atoms with Crippen molar-refractivity contribution in [3.63, 3.8) is 0 Å². The Morgan fingerprint density at radius 3 is 2.28 bits per heavy atom. The second kappa shape index (κ2) is 12.1. The number of alkyl halides is 3. The summed E-state index contributed by atoms with van der Waals surface area (Å²) >= 11 is -1.59. The fraction of sp³-hybridized carbons (Fsp3) is 0.286. The zero-order valence-corrected chi connectivity index (χ0v) is 22.9. The zero-order valence-electron chi connectivity index (χ0n) is 22.1. The number of anilines is 1. The summed E-state index contributed by atoms with van der Waals surface area (Å²) < 4.78 is 67.1. The van der Waals surface area contributed by atoms with Crippen LogP contribution in [0.2, 0.25) is 0 Å². The van der Waals surface area contributed by atoms with Crippen LogP contribution in [0, 0.1) is 0 Å². The topological polar surface area (TPSA) is 99.7 Å². The number of carbonyl (C=O) groups is 2. The number of hydrogen-bond acceptors (Lipinski definition) is 6. The Morgan fingerprint density at radius 1 is 0.974 bits per heavy atom. The molecule has 0 aliphatic rings. The minimum absolute atomic E-state index is 0.0813. The molecule has 7 nitrogen and oxygen atoms in total. The SMILES string of the molecule is COc1cc(C(=O)Nc2ccc(-c3ccccc3C(F)(F)F)c(COC(C)=O)c2)ccc1[S+]([O-])NC(C)(C)C. The monoisotopic (exact) mass is 562 g/mol. The van der Waals surface area contributed by atoms with E-state index >= 15 is 0 Å². The van der Waals surface area contributed by atoms with E-state index < -0.39 is 40.5 Å². The van der Waals surface area contributed by atoms with E-state index in [2.05, 4.69) is 10.0 Å². The first-order chi connectivity index (χ1) is 18.2. The Labute approximate surface area is 228 Å². The van der Waals surface area contributed by atoms with Crippen LogP contribution in [-0.4, -0.2) is 29.1 Å². The van der Waals surface area contributed by atoms with E-state index in [-0.39, 0.29) is 40.3 Å². The summed E-state index contributed by atoms with van der Waals surface area (Å²) in [6.07, 6.45) is -4.60. The van der Waals surface area contributed by atoms with Crippen molar-refractivity contribution in [3.8, 4) is 16.9 Å². The molecular formula is C28H29F3N2O5S. The van der Waals surface area contributed by atoms with Gasteiger partial charge in [0.2, 0.25) is 4.90 Å². The summed E-state index contributed by atoms with van der Waals surface area (Å²) in [6.45, 7) is 6.48.